The van der Waals surface area contributed by atoms with E-state index < -0.39 is 11.5 Å². The van der Waals surface area contributed by atoms with Crippen LogP contribution in [0, 0.1) is 5.92 Å². The van der Waals surface area contributed by atoms with Crippen LogP contribution in [0.5, 0.6) is 0 Å². The highest BCUT2D eigenvalue weighted by Crippen LogP contribution is 2.36. The molecule has 4 rings (SSSR count). The summed E-state index contributed by atoms with van der Waals surface area (Å²) in [6.45, 7) is 2.99. The van der Waals surface area contributed by atoms with Gasteiger partial charge in [-0.2, -0.15) is 5.10 Å². The summed E-state index contributed by atoms with van der Waals surface area (Å²) in [7, 11) is 1.82. The number of carbonyl (C=O) groups is 3. The molecule has 3 aromatic rings. The topological polar surface area (TPSA) is 113 Å². The predicted octanol–water partition coefficient (Wildman–Crippen LogP) is 4.08. The first-order chi connectivity index (χ1) is 16.2. The summed E-state index contributed by atoms with van der Waals surface area (Å²) < 4.78 is 1.70. The molecule has 2 amide bonds. The lowest BCUT2D eigenvalue weighted by Gasteiger charge is -2.30. The maximum absolute atomic E-state index is 12.8. The van der Waals surface area contributed by atoms with Crippen molar-refractivity contribution < 1.29 is 19.5 Å². The summed E-state index contributed by atoms with van der Waals surface area (Å²) in [6, 6.07) is 15.5. The van der Waals surface area contributed by atoms with Gasteiger partial charge in [0.15, 0.2) is 5.69 Å². The molecular formula is C26H30N4O4. The van der Waals surface area contributed by atoms with Crippen molar-refractivity contribution in [2.45, 2.75) is 51.0 Å². The van der Waals surface area contributed by atoms with Gasteiger partial charge in [0.2, 0.25) is 5.91 Å². The van der Waals surface area contributed by atoms with Crippen LogP contribution in [0.3, 0.4) is 0 Å². The number of aliphatic carboxylic acids is 1. The van der Waals surface area contributed by atoms with Crippen LogP contribution in [0.2, 0.25) is 0 Å². The standard InChI is InChI=1S/C26H30N4O4/c1-26(2,25(33)34)28-23(31)18-10-8-16(9-11-18)17-12-14-19(15-13-17)27-24(32)22-20-6-4-5-7-21(20)30(3)29-22/h4-7,12-16,18H,8-11H2,1-3H3,(H,27,32)(H,28,31)(H,33,34)/t16-,18-. The van der Waals surface area contributed by atoms with Gasteiger partial charge in [0, 0.05) is 24.0 Å². The summed E-state index contributed by atoms with van der Waals surface area (Å²) in [4.78, 5) is 36.6. The molecule has 0 bridgehead atoms. The van der Waals surface area contributed by atoms with E-state index in [1.54, 1.807) is 4.68 Å². The Labute approximate surface area is 198 Å². The lowest BCUT2D eigenvalue weighted by Crippen LogP contribution is -2.51. The van der Waals surface area contributed by atoms with Crippen LogP contribution in [-0.2, 0) is 16.6 Å². The van der Waals surface area contributed by atoms with Gasteiger partial charge in [-0.25, -0.2) is 4.79 Å². The fourth-order valence-electron chi connectivity index (χ4n) is 4.56. The Bertz CT molecular complexity index is 1220. The van der Waals surface area contributed by atoms with Gasteiger partial charge in [0.25, 0.3) is 5.91 Å². The van der Waals surface area contributed by atoms with Gasteiger partial charge in [0.1, 0.15) is 5.54 Å². The van der Waals surface area contributed by atoms with Gasteiger partial charge in [-0.3, -0.25) is 14.3 Å². The Morgan fingerprint density at radius 1 is 1.00 bits per heavy atom. The number of aryl methyl sites for hydroxylation is 1. The Balaban J connectivity index is 1.35. The SMILES string of the molecule is Cn1nc(C(=O)Nc2ccc([C@H]3CC[C@H](C(=O)NC(C)(C)C(=O)O)CC3)cc2)c2ccccc21. The molecule has 1 saturated carbocycles. The van der Waals surface area contributed by atoms with Gasteiger partial charge in [-0.15, -0.1) is 0 Å². The zero-order chi connectivity index (χ0) is 24.5. The molecule has 1 aliphatic carbocycles. The highest BCUT2D eigenvalue weighted by Gasteiger charge is 2.33. The van der Waals surface area contributed by atoms with Crippen LogP contribution >= 0.6 is 0 Å². The fraction of sp³-hybridized carbons (Fsp3) is 0.385. The van der Waals surface area contributed by atoms with Crippen LogP contribution in [0.1, 0.15) is 61.5 Å². The minimum atomic E-state index is -1.27. The number of hydrogen-bond donors (Lipinski definition) is 3. The van der Waals surface area contributed by atoms with Crippen LogP contribution in [0.4, 0.5) is 5.69 Å². The fourth-order valence-corrected chi connectivity index (χ4v) is 4.56. The molecule has 34 heavy (non-hydrogen) atoms. The number of carboxylic acid groups (broad SMARTS) is 1. The number of para-hydroxylation sites is 1. The van der Waals surface area contributed by atoms with E-state index in [0.29, 0.717) is 17.3 Å². The summed E-state index contributed by atoms with van der Waals surface area (Å²) in [5.74, 6) is -1.31. The van der Waals surface area contributed by atoms with Crippen molar-refractivity contribution in [2.75, 3.05) is 5.32 Å². The molecule has 1 aromatic heterocycles. The Hall–Kier alpha value is -3.68. The second kappa shape index (κ2) is 9.29. The first kappa shape index (κ1) is 23.5. The lowest BCUT2D eigenvalue weighted by molar-refractivity contribution is -0.146. The third-order valence-corrected chi connectivity index (χ3v) is 6.68. The summed E-state index contributed by atoms with van der Waals surface area (Å²) in [6.07, 6.45) is 3.16. The third-order valence-electron chi connectivity index (χ3n) is 6.68. The van der Waals surface area contributed by atoms with Crippen LogP contribution in [-0.4, -0.2) is 38.2 Å². The van der Waals surface area contributed by atoms with E-state index in [9.17, 15) is 19.5 Å². The van der Waals surface area contributed by atoms with Crippen LogP contribution < -0.4 is 10.6 Å². The van der Waals surface area contributed by atoms with Crippen LogP contribution in [0.15, 0.2) is 48.5 Å². The van der Waals surface area contributed by atoms with Crippen LogP contribution in [0.25, 0.3) is 10.9 Å². The number of nitrogens with zero attached hydrogens (tertiary/aromatic N) is 2. The number of aromatic nitrogens is 2. The largest absolute Gasteiger partial charge is 0.480 e. The van der Waals surface area contributed by atoms with Gasteiger partial charge in [0.05, 0.1) is 5.52 Å². The first-order valence-corrected chi connectivity index (χ1v) is 11.5. The van der Waals surface area contributed by atoms with Crippen molar-refractivity contribution in [3.05, 3.63) is 59.8 Å². The normalized spacial score (nSPS) is 18.4. The number of amides is 2. The molecule has 1 fully saturated rings. The highest BCUT2D eigenvalue weighted by molar-refractivity contribution is 6.11. The average molecular weight is 463 g/mol. The van der Waals surface area contributed by atoms with Gasteiger partial charge in [-0.1, -0.05) is 30.3 Å². The molecule has 8 heteroatoms. The molecule has 1 heterocycles. The van der Waals surface area contributed by atoms with Crippen molar-refractivity contribution in [3.63, 3.8) is 0 Å². The summed E-state index contributed by atoms with van der Waals surface area (Å²) in [5, 5.41) is 20.0. The molecular weight excluding hydrogens is 432 g/mol. The van der Waals surface area contributed by atoms with E-state index in [0.717, 1.165) is 36.6 Å². The van der Waals surface area contributed by atoms with E-state index in [2.05, 4.69) is 15.7 Å². The van der Waals surface area contributed by atoms with Crippen molar-refractivity contribution in [1.82, 2.24) is 15.1 Å². The minimum Gasteiger partial charge on any atom is -0.480 e. The number of hydrogen-bond acceptors (Lipinski definition) is 4. The molecule has 8 nitrogen and oxygen atoms in total. The monoisotopic (exact) mass is 462 g/mol. The number of rotatable bonds is 6. The van der Waals surface area contributed by atoms with Crippen molar-refractivity contribution in [3.8, 4) is 0 Å². The molecule has 2 aromatic carbocycles. The maximum Gasteiger partial charge on any atom is 0.328 e. The molecule has 0 radical (unpaired) electrons. The second-order valence-electron chi connectivity index (χ2n) is 9.53. The zero-order valence-corrected chi connectivity index (χ0v) is 19.7. The van der Waals surface area contributed by atoms with Crippen molar-refractivity contribution >= 4 is 34.4 Å². The molecule has 0 aliphatic heterocycles. The molecule has 3 N–H and O–H groups in total. The lowest BCUT2D eigenvalue weighted by atomic mass is 9.78. The molecule has 0 saturated heterocycles. The van der Waals surface area contributed by atoms with Gasteiger partial charge in [-0.05, 0) is 69.2 Å². The van der Waals surface area contributed by atoms with Crippen molar-refractivity contribution in [2.24, 2.45) is 13.0 Å². The summed E-state index contributed by atoms with van der Waals surface area (Å²) in [5.41, 5.74) is 1.90. The van der Waals surface area contributed by atoms with E-state index in [1.807, 2.05) is 55.6 Å². The molecule has 1 aliphatic rings. The molecule has 178 valence electrons. The summed E-state index contributed by atoms with van der Waals surface area (Å²) >= 11 is 0. The quantitative estimate of drug-likeness (QED) is 0.511. The van der Waals surface area contributed by atoms with E-state index >= 15 is 0 Å². The minimum absolute atomic E-state index is 0.165. The maximum atomic E-state index is 12.8. The Kier molecular flexibility index (Phi) is 6.41. The van der Waals surface area contributed by atoms with Crippen molar-refractivity contribution in [1.29, 1.82) is 0 Å². The first-order valence-electron chi connectivity index (χ1n) is 11.5. The van der Waals surface area contributed by atoms with E-state index in [-0.39, 0.29) is 17.7 Å². The number of benzene rings is 2. The molecule has 0 spiro atoms. The highest BCUT2D eigenvalue weighted by atomic mass is 16.4. The van der Waals surface area contributed by atoms with Gasteiger partial charge < -0.3 is 15.7 Å². The number of fused-ring (bicyclic) bond motifs is 1. The zero-order valence-electron chi connectivity index (χ0n) is 19.7. The molecule has 0 unspecified atom stereocenters. The second-order valence-corrected chi connectivity index (χ2v) is 9.53. The van der Waals surface area contributed by atoms with E-state index in [4.69, 9.17) is 0 Å². The Morgan fingerprint density at radius 2 is 1.65 bits per heavy atom. The average Bonchev–Trinajstić information content (AvgIpc) is 3.16. The predicted molar refractivity (Wildman–Crippen MR) is 130 cm³/mol. The Morgan fingerprint density at radius 3 is 2.29 bits per heavy atom. The number of carbonyl (C=O) groups excluding carboxylic acids is 2. The molecule has 0 atom stereocenters. The number of carboxylic acids is 1. The number of nitrogens with one attached hydrogen (secondary N) is 2. The van der Waals surface area contributed by atoms with E-state index in [1.165, 1.54) is 19.4 Å². The number of anilines is 1. The van der Waals surface area contributed by atoms with Gasteiger partial charge >= 0.3 is 5.97 Å². The third kappa shape index (κ3) is 4.81. The smallest absolute Gasteiger partial charge is 0.328 e.